The van der Waals surface area contributed by atoms with E-state index in [0.29, 0.717) is 0 Å². The molecule has 0 bridgehead atoms. The van der Waals surface area contributed by atoms with E-state index in [1.165, 1.54) is 5.70 Å². The first-order valence-electron chi connectivity index (χ1n) is 4.50. The molecular formula is C12H15N. The standard InChI is InChI=1S/C12H15N/c1-3-8-11(4-2)13-12-9-6-5-7-10-12/h3,5-10,13H,1,4H2,2H3/b11-8+. The Morgan fingerprint density at radius 3 is 2.62 bits per heavy atom. The third-order valence-electron chi connectivity index (χ3n) is 1.78. The average molecular weight is 173 g/mol. The van der Waals surface area contributed by atoms with Crippen LogP contribution in [0.4, 0.5) is 5.69 Å². The highest BCUT2D eigenvalue weighted by atomic mass is 14.9. The molecular weight excluding hydrogens is 158 g/mol. The Balaban J connectivity index is 2.67. The van der Waals surface area contributed by atoms with Gasteiger partial charge in [-0.2, -0.15) is 0 Å². The van der Waals surface area contributed by atoms with Crippen molar-refractivity contribution in [1.82, 2.24) is 0 Å². The lowest BCUT2D eigenvalue weighted by atomic mass is 10.2. The topological polar surface area (TPSA) is 12.0 Å². The Morgan fingerprint density at radius 1 is 1.38 bits per heavy atom. The molecule has 0 amide bonds. The number of hydrogen-bond donors (Lipinski definition) is 1. The molecule has 0 radical (unpaired) electrons. The Bertz CT molecular complexity index is 285. The van der Waals surface area contributed by atoms with Crippen LogP contribution in [0.25, 0.3) is 0 Å². The Labute approximate surface area is 79.8 Å². The first kappa shape index (κ1) is 9.59. The molecule has 1 nitrogen and oxygen atoms in total. The first-order valence-corrected chi connectivity index (χ1v) is 4.50. The second kappa shape index (κ2) is 5.20. The maximum absolute atomic E-state index is 3.67. The molecule has 0 aliphatic heterocycles. The van der Waals surface area contributed by atoms with Crippen LogP contribution in [0, 0.1) is 0 Å². The van der Waals surface area contributed by atoms with Crippen LogP contribution in [-0.2, 0) is 0 Å². The van der Waals surface area contributed by atoms with E-state index in [1.54, 1.807) is 6.08 Å². The Hall–Kier alpha value is -1.50. The van der Waals surface area contributed by atoms with Gasteiger partial charge in [0, 0.05) is 11.4 Å². The van der Waals surface area contributed by atoms with E-state index in [4.69, 9.17) is 0 Å². The quantitative estimate of drug-likeness (QED) is 0.686. The van der Waals surface area contributed by atoms with Crippen LogP contribution >= 0.6 is 0 Å². The Kier molecular flexibility index (Phi) is 3.83. The molecule has 0 aromatic heterocycles. The van der Waals surface area contributed by atoms with E-state index >= 15 is 0 Å². The fraction of sp³-hybridized carbons (Fsp3) is 0.167. The van der Waals surface area contributed by atoms with Crippen molar-refractivity contribution in [3.8, 4) is 0 Å². The van der Waals surface area contributed by atoms with Crippen molar-refractivity contribution in [1.29, 1.82) is 0 Å². The minimum Gasteiger partial charge on any atom is -0.359 e. The molecule has 0 aliphatic rings. The van der Waals surface area contributed by atoms with Crippen molar-refractivity contribution in [3.63, 3.8) is 0 Å². The fourth-order valence-electron chi connectivity index (χ4n) is 1.10. The summed E-state index contributed by atoms with van der Waals surface area (Å²) in [5.41, 5.74) is 2.30. The van der Waals surface area contributed by atoms with Gasteiger partial charge in [-0.05, 0) is 24.6 Å². The number of anilines is 1. The summed E-state index contributed by atoms with van der Waals surface area (Å²) in [5.74, 6) is 0. The molecule has 68 valence electrons. The minimum absolute atomic E-state index is 0.987. The molecule has 0 saturated carbocycles. The molecule has 1 N–H and O–H groups in total. The summed E-state index contributed by atoms with van der Waals surface area (Å²) < 4.78 is 0. The zero-order chi connectivity index (χ0) is 9.52. The van der Waals surface area contributed by atoms with Crippen LogP contribution in [0.15, 0.2) is 54.8 Å². The van der Waals surface area contributed by atoms with E-state index in [1.807, 2.05) is 36.4 Å². The molecule has 1 aromatic rings. The molecule has 0 unspecified atom stereocenters. The highest BCUT2D eigenvalue weighted by Crippen LogP contribution is 2.10. The number of nitrogens with one attached hydrogen (secondary N) is 1. The number of benzene rings is 1. The van der Waals surface area contributed by atoms with Crippen LogP contribution in [0.2, 0.25) is 0 Å². The average Bonchev–Trinajstić information content (AvgIpc) is 2.19. The van der Waals surface area contributed by atoms with Crippen molar-refractivity contribution in [2.45, 2.75) is 13.3 Å². The zero-order valence-electron chi connectivity index (χ0n) is 7.96. The smallest absolute Gasteiger partial charge is 0.0381 e. The number of rotatable bonds is 4. The van der Waals surface area contributed by atoms with Gasteiger partial charge in [-0.3, -0.25) is 0 Å². The summed E-state index contributed by atoms with van der Waals surface area (Å²) in [5, 5.41) is 3.32. The van der Waals surface area contributed by atoms with Gasteiger partial charge in [0.25, 0.3) is 0 Å². The van der Waals surface area contributed by atoms with E-state index in [9.17, 15) is 0 Å². The van der Waals surface area contributed by atoms with Gasteiger partial charge < -0.3 is 5.32 Å². The van der Waals surface area contributed by atoms with Gasteiger partial charge in [0.05, 0.1) is 0 Å². The summed E-state index contributed by atoms with van der Waals surface area (Å²) >= 11 is 0. The van der Waals surface area contributed by atoms with Gasteiger partial charge in [0.2, 0.25) is 0 Å². The van der Waals surface area contributed by atoms with Gasteiger partial charge in [-0.15, -0.1) is 0 Å². The van der Waals surface area contributed by atoms with E-state index in [0.717, 1.165) is 12.1 Å². The maximum Gasteiger partial charge on any atom is 0.0381 e. The second-order valence-electron chi connectivity index (χ2n) is 2.77. The van der Waals surface area contributed by atoms with Crippen molar-refractivity contribution in [2.75, 3.05) is 5.32 Å². The summed E-state index contributed by atoms with van der Waals surface area (Å²) in [6.45, 7) is 5.79. The number of allylic oxidation sites excluding steroid dienone is 3. The van der Waals surface area contributed by atoms with Gasteiger partial charge in [0.15, 0.2) is 0 Å². The lowest BCUT2D eigenvalue weighted by Gasteiger charge is -2.07. The van der Waals surface area contributed by atoms with Crippen LogP contribution in [0.5, 0.6) is 0 Å². The maximum atomic E-state index is 3.67. The zero-order valence-corrected chi connectivity index (χ0v) is 7.96. The van der Waals surface area contributed by atoms with Crippen molar-refractivity contribution < 1.29 is 0 Å². The molecule has 0 spiro atoms. The first-order chi connectivity index (χ1) is 6.36. The molecule has 0 heterocycles. The predicted molar refractivity (Wildman–Crippen MR) is 58.6 cm³/mol. The number of hydrogen-bond acceptors (Lipinski definition) is 1. The minimum atomic E-state index is 0.987. The lowest BCUT2D eigenvalue weighted by molar-refractivity contribution is 1.11. The fourth-order valence-corrected chi connectivity index (χ4v) is 1.10. The van der Waals surface area contributed by atoms with Crippen LogP contribution in [0.1, 0.15) is 13.3 Å². The third-order valence-corrected chi connectivity index (χ3v) is 1.78. The summed E-state index contributed by atoms with van der Waals surface area (Å²) in [6, 6.07) is 10.1. The normalized spacial score (nSPS) is 11.0. The lowest BCUT2D eigenvalue weighted by Crippen LogP contribution is -1.97. The molecule has 0 saturated heterocycles. The Morgan fingerprint density at radius 2 is 2.08 bits per heavy atom. The van der Waals surface area contributed by atoms with E-state index in [-0.39, 0.29) is 0 Å². The molecule has 1 heteroatoms. The summed E-state index contributed by atoms with van der Waals surface area (Å²) in [7, 11) is 0. The molecule has 0 fully saturated rings. The third kappa shape index (κ3) is 3.16. The monoisotopic (exact) mass is 173 g/mol. The predicted octanol–water partition coefficient (Wildman–Crippen LogP) is 3.58. The van der Waals surface area contributed by atoms with Gasteiger partial charge in [-0.25, -0.2) is 0 Å². The number of para-hydroxylation sites is 1. The van der Waals surface area contributed by atoms with E-state index in [2.05, 4.69) is 18.8 Å². The highest BCUT2D eigenvalue weighted by Gasteiger charge is 1.92. The van der Waals surface area contributed by atoms with Gasteiger partial charge >= 0.3 is 0 Å². The largest absolute Gasteiger partial charge is 0.359 e. The van der Waals surface area contributed by atoms with Crippen molar-refractivity contribution >= 4 is 5.69 Å². The van der Waals surface area contributed by atoms with Crippen molar-refractivity contribution in [3.05, 3.63) is 54.8 Å². The summed E-state index contributed by atoms with van der Waals surface area (Å²) in [4.78, 5) is 0. The highest BCUT2D eigenvalue weighted by molar-refractivity contribution is 5.48. The van der Waals surface area contributed by atoms with Crippen LogP contribution in [-0.4, -0.2) is 0 Å². The SMILES string of the molecule is C=C/C=C(\CC)Nc1ccccc1. The van der Waals surface area contributed by atoms with Crippen molar-refractivity contribution in [2.24, 2.45) is 0 Å². The van der Waals surface area contributed by atoms with Gasteiger partial charge in [-0.1, -0.05) is 37.8 Å². The molecule has 0 atom stereocenters. The van der Waals surface area contributed by atoms with E-state index < -0.39 is 0 Å². The van der Waals surface area contributed by atoms with Crippen LogP contribution in [0.3, 0.4) is 0 Å². The molecule has 13 heavy (non-hydrogen) atoms. The molecule has 1 rings (SSSR count). The van der Waals surface area contributed by atoms with Gasteiger partial charge in [0.1, 0.15) is 0 Å². The molecule has 1 aromatic carbocycles. The molecule has 0 aliphatic carbocycles. The second-order valence-corrected chi connectivity index (χ2v) is 2.77. The summed E-state index contributed by atoms with van der Waals surface area (Å²) in [6.07, 6.45) is 4.78. The van der Waals surface area contributed by atoms with Crippen LogP contribution < -0.4 is 5.32 Å².